The molecule has 3 fully saturated rings. The van der Waals surface area contributed by atoms with Crippen LogP contribution in [0.25, 0.3) is 0 Å². The van der Waals surface area contributed by atoms with Crippen LogP contribution in [-0.2, 0) is 6.42 Å². The molecule has 1 N–H and O–H groups in total. The van der Waals surface area contributed by atoms with Crippen LogP contribution in [0.15, 0.2) is 16.5 Å². The maximum absolute atomic E-state index is 14.6. The van der Waals surface area contributed by atoms with Gasteiger partial charge in [0, 0.05) is 30.9 Å². The van der Waals surface area contributed by atoms with E-state index in [1.54, 1.807) is 4.90 Å². The van der Waals surface area contributed by atoms with Crippen molar-refractivity contribution >= 4 is 17.6 Å². The van der Waals surface area contributed by atoms with Crippen LogP contribution in [0.4, 0.5) is 33.7 Å². The van der Waals surface area contributed by atoms with E-state index in [1.807, 2.05) is 0 Å². The lowest BCUT2D eigenvalue weighted by molar-refractivity contribution is -0.130. The van der Waals surface area contributed by atoms with Crippen molar-refractivity contribution < 1.29 is 35.9 Å². The van der Waals surface area contributed by atoms with Crippen LogP contribution in [0.5, 0.6) is 5.75 Å². The second-order valence-corrected chi connectivity index (χ2v) is 9.48. The highest BCUT2D eigenvalue weighted by Gasteiger charge is 2.49. The summed E-state index contributed by atoms with van der Waals surface area (Å²) in [5.74, 6) is -4.22. The molecule has 3 aliphatic rings. The molecule has 0 radical (unpaired) electrons. The van der Waals surface area contributed by atoms with Gasteiger partial charge in [-0.15, -0.1) is 0 Å². The molecule has 11 heteroatoms. The molecule has 2 heterocycles. The zero-order valence-corrected chi connectivity index (χ0v) is 18.3. The zero-order valence-electron chi connectivity index (χ0n) is 18.3. The maximum Gasteiger partial charge on any atom is 0.396 e. The summed E-state index contributed by atoms with van der Waals surface area (Å²) in [6, 6.07) is 1.67. The number of aromatic nitrogens is 1. The van der Waals surface area contributed by atoms with Gasteiger partial charge in [-0.05, 0) is 43.9 Å². The van der Waals surface area contributed by atoms with Gasteiger partial charge in [-0.1, -0.05) is 6.42 Å². The Morgan fingerprint density at radius 2 is 1.79 bits per heavy atom. The van der Waals surface area contributed by atoms with Gasteiger partial charge < -0.3 is 19.4 Å². The van der Waals surface area contributed by atoms with Crippen molar-refractivity contribution in [2.45, 2.75) is 63.6 Å². The number of anilines is 2. The number of amides is 1. The highest BCUT2D eigenvalue weighted by atomic mass is 19.4. The molecule has 2 saturated carbocycles. The van der Waals surface area contributed by atoms with Gasteiger partial charge in [0.25, 0.3) is 11.9 Å². The number of nitrogens with zero attached hydrogens (tertiary/aromatic N) is 2. The van der Waals surface area contributed by atoms with Crippen LogP contribution in [0.1, 0.15) is 61.2 Å². The second-order valence-electron chi connectivity index (χ2n) is 9.48. The van der Waals surface area contributed by atoms with E-state index < -0.39 is 47.3 Å². The quantitative estimate of drug-likeness (QED) is 0.538. The topological polar surface area (TPSA) is 67.6 Å². The summed E-state index contributed by atoms with van der Waals surface area (Å²) in [5, 5.41) is 2.23. The Morgan fingerprint density at radius 3 is 2.35 bits per heavy atom. The molecule has 1 spiro atoms. The van der Waals surface area contributed by atoms with Crippen molar-refractivity contribution in [1.82, 2.24) is 4.98 Å². The molecule has 1 saturated heterocycles. The van der Waals surface area contributed by atoms with Crippen molar-refractivity contribution in [2.75, 3.05) is 23.3 Å². The van der Waals surface area contributed by atoms with Gasteiger partial charge in [0.05, 0.1) is 0 Å². The summed E-state index contributed by atoms with van der Waals surface area (Å²) in [6.45, 7) is 1.10. The predicted molar refractivity (Wildman–Crippen MR) is 112 cm³/mol. The first kappa shape index (κ1) is 22.9. The SMILES string of the molecule is O=C(Nc1cc(F)c(OC2CC3(CCC3)C2)c(F)c1)c1nc(N2CCCC2)oc1CC(F)(F)F. The Bertz CT molecular complexity index is 1060. The van der Waals surface area contributed by atoms with E-state index in [1.165, 1.54) is 6.42 Å². The van der Waals surface area contributed by atoms with Crippen LogP contribution >= 0.6 is 0 Å². The summed E-state index contributed by atoms with van der Waals surface area (Å²) in [6.07, 6.45) is 0.189. The van der Waals surface area contributed by atoms with E-state index in [-0.39, 0.29) is 23.2 Å². The van der Waals surface area contributed by atoms with E-state index >= 15 is 0 Å². The molecule has 1 aromatic heterocycles. The Balaban J connectivity index is 1.31. The van der Waals surface area contributed by atoms with Gasteiger partial charge in [-0.2, -0.15) is 18.2 Å². The minimum absolute atomic E-state index is 0.0762. The first-order chi connectivity index (χ1) is 16.1. The largest absolute Gasteiger partial charge is 0.484 e. The lowest BCUT2D eigenvalue weighted by Crippen LogP contribution is -2.48. The number of alkyl halides is 3. The molecule has 2 aromatic rings. The molecule has 34 heavy (non-hydrogen) atoms. The standard InChI is InChI=1S/C23H24F5N3O3/c24-15-8-13(9-16(25)19(15)33-14-10-22(11-14)4-3-5-22)29-20(32)18-17(12-23(26,27)28)34-21(30-18)31-6-1-2-7-31/h8-9,14H,1-7,10-12H2,(H,29,32). The van der Waals surface area contributed by atoms with Crippen LogP contribution < -0.4 is 15.0 Å². The number of hydrogen-bond acceptors (Lipinski definition) is 5. The number of rotatable bonds is 6. The number of halogens is 5. The molecule has 1 aromatic carbocycles. The number of oxazole rings is 1. The van der Waals surface area contributed by atoms with Crippen molar-refractivity contribution in [2.24, 2.45) is 5.41 Å². The summed E-state index contributed by atoms with van der Waals surface area (Å²) >= 11 is 0. The third-order valence-corrected chi connectivity index (χ3v) is 6.91. The Hall–Kier alpha value is -2.85. The molecule has 1 aliphatic heterocycles. The smallest absolute Gasteiger partial charge is 0.396 e. The van der Waals surface area contributed by atoms with E-state index in [0.717, 1.165) is 50.7 Å². The lowest BCUT2D eigenvalue weighted by Gasteiger charge is -2.53. The van der Waals surface area contributed by atoms with Crippen molar-refractivity contribution in [1.29, 1.82) is 0 Å². The van der Waals surface area contributed by atoms with Crippen LogP contribution in [0.3, 0.4) is 0 Å². The molecule has 0 bridgehead atoms. The highest BCUT2D eigenvalue weighted by Crippen LogP contribution is 2.56. The fourth-order valence-corrected chi connectivity index (χ4v) is 5.04. The second kappa shape index (κ2) is 8.42. The molecular formula is C23H24F5N3O3. The summed E-state index contributed by atoms with van der Waals surface area (Å²) in [7, 11) is 0. The number of carbonyl (C=O) groups is 1. The lowest BCUT2D eigenvalue weighted by atomic mass is 9.55. The third kappa shape index (κ3) is 4.56. The third-order valence-electron chi connectivity index (χ3n) is 6.91. The average molecular weight is 485 g/mol. The van der Waals surface area contributed by atoms with Crippen LogP contribution in [0.2, 0.25) is 0 Å². The summed E-state index contributed by atoms with van der Waals surface area (Å²) in [4.78, 5) is 18.3. The molecule has 2 aliphatic carbocycles. The van der Waals surface area contributed by atoms with E-state index in [9.17, 15) is 26.7 Å². The van der Waals surface area contributed by atoms with Crippen molar-refractivity contribution in [3.8, 4) is 5.75 Å². The molecule has 184 valence electrons. The monoisotopic (exact) mass is 485 g/mol. The Morgan fingerprint density at radius 1 is 1.15 bits per heavy atom. The first-order valence-corrected chi connectivity index (χ1v) is 11.4. The van der Waals surface area contributed by atoms with Crippen molar-refractivity contribution in [3.05, 3.63) is 35.2 Å². The zero-order chi connectivity index (χ0) is 24.1. The van der Waals surface area contributed by atoms with E-state index in [4.69, 9.17) is 9.15 Å². The number of benzene rings is 1. The molecule has 0 atom stereocenters. The number of ether oxygens (including phenoxy) is 1. The average Bonchev–Trinajstić information content (AvgIpc) is 3.33. The van der Waals surface area contributed by atoms with Gasteiger partial charge in [-0.25, -0.2) is 8.78 Å². The Labute approximate surface area is 192 Å². The van der Waals surface area contributed by atoms with Gasteiger partial charge in [0.15, 0.2) is 23.1 Å². The van der Waals surface area contributed by atoms with Gasteiger partial charge >= 0.3 is 6.18 Å². The van der Waals surface area contributed by atoms with Gasteiger partial charge in [0.1, 0.15) is 18.3 Å². The van der Waals surface area contributed by atoms with Crippen LogP contribution in [0, 0.1) is 17.0 Å². The minimum atomic E-state index is -4.63. The number of nitrogens with one attached hydrogen (secondary N) is 1. The van der Waals surface area contributed by atoms with E-state index in [2.05, 4.69) is 10.3 Å². The number of hydrogen-bond donors (Lipinski definition) is 1. The molecule has 6 nitrogen and oxygen atoms in total. The predicted octanol–water partition coefficient (Wildman–Crippen LogP) is 5.62. The van der Waals surface area contributed by atoms with Crippen molar-refractivity contribution in [3.63, 3.8) is 0 Å². The van der Waals surface area contributed by atoms with Gasteiger partial charge in [0.2, 0.25) is 0 Å². The molecule has 5 rings (SSSR count). The fourth-order valence-electron chi connectivity index (χ4n) is 5.04. The fraction of sp³-hybridized carbons (Fsp3) is 0.565. The Kier molecular flexibility index (Phi) is 5.68. The maximum atomic E-state index is 14.6. The number of carbonyl (C=O) groups excluding carboxylic acids is 1. The summed E-state index contributed by atoms with van der Waals surface area (Å²) < 4.78 is 79.0. The highest BCUT2D eigenvalue weighted by molar-refractivity contribution is 6.03. The van der Waals surface area contributed by atoms with E-state index in [0.29, 0.717) is 13.1 Å². The normalized spacial score (nSPS) is 19.7. The first-order valence-electron chi connectivity index (χ1n) is 11.4. The minimum Gasteiger partial charge on any atom is -0.484 e. The summed E-state index contributed by atoms with van der Waals surface area (Å²) in [5.41, 5.74) is -0.564. The van der Waals surface area contributed by atoms with Crippen LogP contribution in [-0.4, -0.2) is 36.3 Å². The molecule has 1 amide bonds. The molecule has 0 unspecified atom stereocenters. The molecular weight excluding hydrogens is 461 g/mol. The van der Waals surface area contributed by atoms with Gasteiger partial charge in [-0.3, -0.25) is 4.79 Å².